The summed E-state index contributed by atoms with van der Waals surface area (Å²) in [4.78, 5) is 2.16. The first kappa shape index (κ1) is 13.2. The summed E-state index contributed by atoms with van der Waals surface area (Å²) in [5.74, 6) is 0. The second kappa shape index (κ2) is 6.05. The molecular weight excluding hydrogens is 250 g/mol. The molecule has 1 aliphatic heterocycles. The van der Waals surface area contributed by atoms with Gasteiger partial charge >= 0.3 is 0 Å². The van der Waals surface area contributed by atoms with E-state index < -0.39 is 0 Å². The average molecular weight is 266 g/mol. The number of hydrogen-bond acceptors (Lipinski definition) is 4. The van der Waals surface area contributed by atoms with Crippen molar-refractivity contribution in [2.45, 2.75) is 6.10 Å². The van der Waals surface area contributed by atoms with Gasteiger partial charge in [-0.3, -0.25) is 0 Å². The van der Waals surface area contributed by atoms with Crippen LogP contribution in [0.25, 0.3) is 0 Å². The Morgan fingerprint density at radius 3 is 3.17 bits per heavy atom. The Morgan fingerprint density at radius 1 is 1.61 bits per heavy atom. The molecular formula is C13H16ClN3O. The third-order valence-electron chi connectivity index (χ3n) is 3.01. The average Bonchev–Trinajstić information content (AvgIpc) is 2.39. The monoisotopic (exact) mass is 265 g/mol. The zero-order chi connectivity index (χ0) is 13.0. The van der Waals surface area contributed by atoms with Crippen LogP contribution < -0.4 is 10.2 Å². The number of nitrogens with zero attached hydrogens (tertiary/aromatic N) is 2. The smallest absolute Gasteiger partial charge is 0.103 e. The zero-order valence-electron chi connectivity index (χ0n) is 10.3. The lowest BCUT2D eigenvalue weighted by Gasteiger charge is -2.35. The Bertz CT molecular complexity index is 456. The van der Waals surface area contributed by atoms with E-state index in [1.807, 2.05) is 19.2 Å². The predicted molar refractivity (Wildman–Crippen MR) is 72.0 cm³/mol. The number of hydrogen-bond donors (Lipinski definition) is 1. The van der Waals surface area contributed by atoms with Gasteiger partial charge in [0.05, 0.1) is 29.0 Å². The van der Waals surface area contributed by atoms with Crippen molar-refractivity contribution in [3.63, 3.8) is 0 Å². The molecule has 0 spiro atoms. The van der Waals surface area contributed by atoms with Crippen LogP contribution in [0.4, 0.5) is 5.69 Å². The van der Waals surface area contributed by atoms with Crippen LogP contribution >= 0.6 is 11.6 Å². The van der Waals surface area contributed by atoms with Crippen LogP contribution in [0, 0.1) is 11.3 Å². The van der Waals surface area contributed by atoms with Gasteiger partial charge in [0.1, 0.15) is 6.07 Å². The van der Waals surface area contributed by atoms with E-state index >= 15 is 0 Å². The summed E-state index contributed by atoms with van der Waals surface area (Å²) in [6, 6.07) is 7.74. The molecule has 0 saturated carbocycles. The summed E-state index contributed by atoms with van der Waals surface area (Å²) in [5.41, 5.74) is 1.44. The van der Waals surface area contributed by atoms with Gasteiger partial charge in [-0.05, 0) is 19.2 Å². The maximum absolute atomic E-state index is 9.19. The van der Waals surface area contributed by atoms with Gasteiger partial charge in [0, 0.05) is 19.6 Å². The lowest BCUT2D eigenvalue weighted by molar-refractivity contribution is 0.0421. The van der Waals surface area contributed by atoms with E-state index in [0.29, 0.717) is 17.2 Å². The summed E-state index contributed by atoms with van der Waals surface area (Å²) in [7, 11) is 1.91. The summed E-state index contributed by atoms with van der Waals surface area (Å²) < 4.78 is 5.65. The van der Waals surface area contributed by atoms with E-state index in [1.165, 1.54) is 0 Å². The topological polar surface area (TPSA) is 48.3 Å². The van der Waals surface area contributed by atoms with Crippen molar-refractivity contribution < 1.29 is 4.74 Å². The summed E-state index contributed by atoms with van der Waals surface area (Å²) in [6.45, 7) is 3.04. The molecule has 1 heterocycles. The first-order valence-electron chi connectivity index (χ1n) is 5.96. The molecule has 1 saturated heterocycles. The molecule has 0 aliphatic carbocycles. The Morgan fingerprint density at radius 2 is 2.44 bits per heavy atom. The van der Waals surface area contributed by atoms with Crippen molar-refractivity contribution in [2.24, 2.45) is 0 Å². The first-order valence-corrected chi connectivity index (χ1v) is 6.34. The molecule has 4 nitrogen and oxygen atoms in total. The van der Waals surface area contributed by atoms with E-state index in [0.717, 1.165) is 25.3 Å². The highest BCUT2D eigenvalue weighted by atomic mass is 35.5. The Kier molecular flexibility index (Phi) is 4.43. The molecule has 0 amide bonds. The number of anilines is 1. The fourth-order valence-electron chi connectivity index (χ4n) is 2.18. The van der Waals surface area contributed by atoms with Crippen molar-refractivity contribution in [2.75, 3.05) is 38.2 Å². The Hall–Kier alpha value is -1.28. The van der Waals surface area contributed by atoms with Gasteiger partial charge in [0.15, 0.2) is 0 Å². The highest BCUT2D eigenvalue weighted by Crippen LogP contribution is 2.27. The molecule has 0 radical (unpaired) electrons. The van der Waals surface area contributed by atoms with E-state index in [4.69, 9.17) is 16.3 Å². The number of morpholine rings is 1. The second-order valence-electron chi connectivity index (χ2n) is 4.24. The minimum Gasteiger partial charge on any atom is -0.373 e. The van der Waals surface area contributed by atoms with Crippen molar-refractivity contribution in [3.8, 4) is 6.07 Å². The van der Waals surface area contributed by atoms with Crippen molar-refractivity contribution in [3.05, 3.63) is 28.8 Å². The SMILES string of the molecule is CNCC1CN(c2cccc(Cl)c2C#N)CCO1. The van der Waals surface area contributed by atoms with Crippen LogP contribution in [0.2, 0.25) is 5.02 Å². The molecule has 1 unspecified atom stereocenters. The second-order valence-corrected chi connectivity index (χ2v) is 4.65. The third-order valence-corrected chi connectivity index (χ3v) is 3.33. The van der Waals surface area contributed by atoms with Gasteiger partial charge in [-0.25, -0.2) is 0 Å². The molecule has 1 N–H and O–H groups in total. The fraction of sp³-hybridized carbons (Fsp3) is 0.462. The highest BCUT2D eigenvalue weighted by molar-refractivity contribution is 6.32. The van der Waals surface area contributed by atoms with Crippen molar-refractivity contribution in [1.29, 1.82) is 5.26 Å². The lowest BCUT2D eigenvalue weighted by Crippen LogP contribution is -2.46. The van der Waals surface area contributed by atoms with Crippen molar-refractivity contribution >= 4 is 17.3 Å². The molecule has 1 aromatic carbocycles. The normalized spacial score (nSPS) is 19.6. The maximum atomic E-state index is 9.19. The van der Waals surface area contributed by atoms with E-state index in [9.17, 15) is 5.26 Å². The first-order chi connectivity index (χ1) is 8.76. The van der Waals surface area contributed by atoms with Gasteiger partial charge in [-0.2, -0.15) is 5.26 Å². The summed E-state index contributed by atoms with van der Waals surface area (Å²) in [6.07, 6.45) is 0.147. The molecule has 1 aliphatic rings. The van der Waals surface area contributed by atoms with Crippen LogP contribution in [0.1, 0.15) is 5.56 Å². The molecule has 1 aromatic rings. The minimum atomic E-state index is 0.147. The molecule has 0 bridgehead atoms. The lowest BCUT2D eigenvalue weighted by atomic mass is 10.1. The minimum absolute atomic E-state index is 0.147. The number of nitriles is 1. The summed E-state index contributed by atoms with van der Waals surface area (Å²) >= 11 is 6.05. The molecule has 5 heteroatoms. The van der Waals surface area contributed by atoms with E-state index in [1.54, 1.807) is 6.07 Å². The van der Waals surface area contributed by atoms with Gasteiger partial charge in [-0.15, -0.1) is 0 Å². The van der Waals surface area contributed by atoms with Crippen LogP contribution in [0.3, 0.4) is 0 Å². The van der Waals surface area contributed by atoms with Crippen LogP contribution in [-0.2, 0) is 4.74 Å². The Labute approximate surface area is 112 Å². The number of likely N-dealkylation sites (N-methyl/N-ethyl adjacent to an activating group) is 1. The number of nitrogens with one attached hydrogen (secondary N) is 1. The van der Waals surface area contributed by atoms with Crippen LogP contribution in [0.5, 0.6) is 0 Å². The van der Waals surface area contributed by atoms with Gasteiger partial charge in [0.2, 0.25) is 0 Å². The van der Waals surface area contributed by atoms with E-state index in [-0.39, 0.29) is 6.10 Å². The zero-order valence-corrected chi connectivity index (χ0v) is 11.1. The predicted octanol–water partition coefficient (Wildman–Crippen LogP) is 1.64. The van der Waals surface area contributed by atoms with Gasteiger partial charge in [-0.1, -0.05) is 17.7 Å². The number of benzene rings is 1. The number of halogens is 1. The number of ether oxygens (including phenoxy) is 1. The molecule has 0 aromatic heterocycles. The molecule has 2 rings (SSSR count). The molecule has 96 valence electrons. The van der Waals surface area contributed by atoms with Gasteiger partial charge in [0.25, 0.3) is 0 Å². The fourth-order valence-corrected chi connectivity index (χ4v) is 2.39. The standard InChI is InChI=1S/C13H16ClN3O/c1-16-8-10-9-17(5-6-18-10)13-4-2-3-12(14)11(13)7-15/h2-4,10,16H,5-6,8-9H2,1H3. The Balaban J connectivity index is 2.21. The molecule has 1 atom stereocenters. The maximum Gasteiger partial charge on any atom is 0.103 e. The van der Waals surface area contributed by atoms with Crippen LogP contribution in [-0.4, -0.2) is 39.4 Å². The van der Waals surface area contributed by atoms with Crippen LogP contribution in [0.15, 0.2) is 18.2 Å². The third kappa shape index (κ3) is 2.75. The molecule has 18 heavy (non-hydrogen) atoms. The van der Waals surface area contributed by atoms with Gasteiger partial charge < -0.3 is 15.0 Å². The number of rotatable bonds is 3. The van der Waals surface area contributed by atoms with E-state index in [2.05, 4.69) is 16.3 Å². The molecule has 1 fully saturated rings. The quantitative estimate of drug-likeness (QED) is 0.903. The van der Waals surface area contributed by atoms with Crippen molar-refractivity contribution in [1.82, 2.24) is 5.32 Å². The summed E-state index contributed by atoms with van der Waals surface area (Å²) in [5, 5.41) is 12.8. The highest BCUT2D eigenvalue weighted by Gasteiger charge is 2.22. The largest absolute Gasteiger partial charge is 0.373 e.